The first-order chi connectivity index (χ1) is 11.3. The van der Waals surface area contributed by atoms with Gasteiger partial charge in [-0.25, -0.2) is 4.99 Å². The summed E-state index contributed by atoms with van der Waals surface area (Å²) < 4.78 is 7.28. The third-order valence-corrected chi connectivity index (χ3v) is 3.96. The molecule has 0 saturated carbocycles. The standard InChI is InChI=1S/C16H22N6O.BrH/c1-23-13-6-4-12(5-7-13)8-9-18-16(17)19-11-15-21-20-14-3-2-10-22(14)15;/h4-7H,2-3,8-11H2,1H3,(H3,17,18,19);1H. The molecule has 0 bridgehead atoms. The van der Waals surface area contributed by atoms with Gasteiger partial charge in [-0.1, -0.05) is 12.1 Å². The molecule has 3 N–H and O–H groups in total. The zero-order valence-electron chi connectivity index (χ0n) is 13.7. The van der Waals surface area contributed by atoms with Gasteiger partial charge in [0.2, 0.25) is 0 Å². The summed E-state index contributed by atoms with van der Waals surface area (Å²) in [7, 11) is 1.67. The molecule has 0 atom stereocenters. The molecule has 0 fully saturated rings. The molecule has 0 radical (unpaired) electrons. The second-order valence-corrected chi connectivity index (χ2v) is 5.51. The van der Waals surface area contributed by atoms with Crippen molar-refractivity contribution in [3.63, 3.8) is 0 Å². The third kappa shape index (κ3) is 4.47. The van der Waals surface area contributed by atoms with E-state index in [2.05, 4.69) is 25.1 Å². The van der Waals surface area contributed by atoms with Crippen LogP contribution in [0.15, 0.2) is 29.3 Å². The maximum Gasteiger partial charge on any atom is 0.189 e. The molecule has 7 nitrogen and oxygen atoms in total. The van der Waals surface area contributed by atoms with Crippen molar-refractivity contribution >= 4 is 22.9 Å². The molecule has 1 aliphatic rings. The topological polar surface area (TPSA) is 90.3 Å². The van der Waals surface area contributed by atoms with E-state index < -0.39 is 0 Å². The Morgan fingerprint density at radius 2 is 2.12 bits per heavy atom. The maximum atomic E-state index is 5.91. The Bertz CT molecular complexity index is 682. The lowest BCUT2D eigenvalue weighted by Gasteiger charge is -2.07. The lowest BCUT2D eigenvalue weighted by molar-refractivity contribution is 0.414. The van der Waals surface area contributed by atoms with Crippen molar-refractivity contribution in [2.45, 2.75) is 32.4 Å². The number of aromatic nitrogens is 3. The SMILES string of the molecule is Br.COc1ccc(CCNC(N)=NCc2nnc3n2CCC3)cc1. The molecule has 0 amide bonds. The van der Waals surface area contributed by atoms with Gasteiger partial charge in [0.1, 0.15) is 18.1 Å². The van der Waals surface area contributed by atoms with Crippen LogP contribution >= 0.6 is 17.0 Å². The van der Waals surface area contributed by atoms with E-state index in [4.69, 9.17) is 10.5 Å². The van der Waals surface area contributed by atoms with Crippen LogP contribution in [0.1, 0.15) is 23.6 Å². The van der Waals surface area contributed by atoms with Crippen LogP contribution in [-0.4, -0.2) is 34.4 Å². The maximum absolute atomic E-state index is 5.91. The highest BCUT2D eigenvalue weighted by atomic mass is 79.9. The van der Waals surface area contributed by atoms with Gasteiger partial charge in [-0.15, -0.1) is 27.2 Å². The number of fused-ring (bicyclic) bond motifs is 1. The van der Waals surface area contributed by atoms with Crippen molar-refractivity contribution in [2.75, 3.05) is 13.7 Å². The molecular weight excluding hydrogens is 372 g/mol. The number of hydrogen-bond donors (Lipinski definition) is 2. The predicted molar refractivity (Wildman–Crippen MR) is 98.7 cm³/mol. The summed E-state index contributed by atoms with van der Waals surface area (Å²) in [6, 6.07) is 8.01. The molecule has 0 aliphatic carbocycles. The van der Waals surface area contributed by atoms with Gasteiger partial charge in [-0.3, -0.25) is 0 Å². The molecule has 2 aromatic rings. The second kappa shape index (κ2) is 8.68. The Kier molecular flexibility index (Phi) is 6.60. The van der Waals surface area contributed by atoms with Crippen molar-refractivity contribution in [3.05, 3.63) is 41.5 Å². The number of halogens is 1. The van der Waals surface area contributed by atoms with E-state index in [0.717, 1.165) is 49.8 Å². The van der Waals surface area contributed by atoms with Gasteiger partial charge >= 0.3 is 0 Å². The Balaban J connectivity index is 0.00000208. The third-order valence-electron chi connectivity index (χ3n) is 3.96. The van der Waals surface area contributed by atoms with Crippen molar-refractivity contribution < 1.29 is 4.74 Å². The van der Waals surface area contributed by atoms with Gasteiger partial charge in [0.05, 0.1) is 7.11 Å². The van der Waals surface area contributed by atoms with Crippen molar-refractivity contribution in [1.29, 1.82) is 0 Å². The fourth-order valence-corrected chi connectivity index (χ4v) is 2.67. The number of nitrogens with zero attached hydrogens (tertiary/aromatic N) is 4. The van der Waals surface area contributed by atoms with Crippen LogP contribution in [-0.2, 0) is 25.9 Å². The Morgan fingerprint density at radius 1 is 1.33 bits per heavy atom. The molecule has 130 valence electrons. The minimum Gasteiger partial charge on any atom is -0.497 e. The minimum atomic E-state index is 0. The highest BCUT2D eigenvalue weighted by Gasteiger charge is 2.16. The summed E-state index contributed by atoms with van der Waals surface area (Å²) in [6.07, 6.45) is 3.02. The first-order valence-corrected chi connectivity index (χ1v) is 7.84. The van der Waals surface area contributed by atoms with Crippen LogP contribution in [0.2, 0.25) is 0 Å². The monoisotopic (exact) mass is 394 g/mol. The predicted octanol–water partition coefficient (Wildman–Crippen LogP) is 1.46. The molecule has 0 unspecified atom stereocenters. The van der Waals surface area contributed by atoms with Gasteiger partial charge in [0.15, 0.2) is 11.8 Å². The number of hydrogen-bond acceptors (Lipinski definition) is 4. The van der Waals surface area contributed by atoms with Crippen LogP contribution < -0.4 is 15.8 Å². The van der Waals surface area contributed by atoms with Gasteiger partial charge < -0.3 is 20.4 Å². The number of benzene rings is 1. The molecule has 1 aliphatic heterocycles. The van der Waals surface area contributed by atoms with Crippen LogP contribution in [0.25, 0.3) is 0 Å². The molecule has 2 heterocycles. The number of methoxy groups -OCH3 is 1. The van der Waals surface area contributed by atoms with Gasteiger partial charge in [-0.2, -0.15) is 0 Å². The highest BCUT2D eigenvalue weighted by molar-refractivity contribution is 8.93. The molecule has 8 heteroatoms. The lowest BCUT2D eigenvalue weighted by atomic mass is 10.1. The van der Waals surface area contributed by atoms with Crippen LogP contribution in [0.5, 0.6) is 5.75 Å². The number of nitrogens with two attached hydrogens (primary N) is 1. The quantitative estimate of drug-likeness (QED) is 0.571. The average Bonchev–Trinajstić information content (AvgIpc) is 3.17. The number of aryl methyl sites for hydroxylation is 1. The summed E-state index contributed by atoms with van der Waals surface area (Å²) in [5.41, 5.74) is 7.13. The Labute approximate surface area is 152 Å². The van der Waals surface area contributed by atoms with Crippen LogP contribution in [0, 0.1) is 0 Å². The van der Waals surface area contributed by atoms with E-state index in [1.54, 1.807) is 7.11 Å². The smallest absolute Gasteiger partial charge is 0.189 e. The molecule has 3 rings (SSSR count). The molecule has 24 heavy (non-hydrogen) atoms. The highest BCUT2D eigenvalue weighted by Crippen LogP contribution is 2.14. The number of ether oxygens (including phenoxy) is 1. The fraction of sp³-hybridized carbons (Fsp3) is 0.438. The van der Waals surface area contributed by atoms with E-state index in [1.165, 1.54) is 5.56 Å². The zero-order valence-corrected chi connectivity index (χ0v) is 15.4. The van der Waals surface area contributed by atoms with Crippen molar-refractivity contribution in [2.24, 2.45) is 10.7 Å². The van der Waals surface area contributed by atoms with Gasteiger partial charge in [-0.05, 0) is 30.5 Å². The van der Waals surface area contributed by atoms with E-state index >= 15 is 0 Å². The van der Waals surface area contributed by atoms with E-state index in [-0.39, 0.29) is 17.0 Å². The number of aliphatic imine (C=N–C) groups is 1. The summed E-state index contributed by atoms with van der Waals surface area (Å²) in [5, 5.41) is 11.5. The molecule has 1 aromatic heterocycles. The summed E-state index contributed by atoms with van der Waals surface area (Å²) in [5.74, 6) is 3.25. The minimum absolute atomic E-state index is 0. The summed E-state index contributed by atoms with van der Waals surface area (Å²) in [4.78, 5) is 4.34. The lowest BCUT2D eigenvalue weighted by Crippen LogP contribution is -2.33. The van der Waals surface area contributed by atoms with Gasteiger partial charge in [0.25, 0.3) is 0 Å². The zero-order chi connectivity index (χ0) is 16.1. The molecule has 1 aromatic carbocycles. The van der Waals surface area contributed by atoms with E-state index in [1.807, 2.05) is 24.3 Å². The summed E-state index contributed by atoms with van der Waals surface area (Å²) >= 11 is 0. The largest absolute Gasteiger partial charge is 0.497 e. The first kappa shape index (κ1) is 18.3. The molecule has 0 saturated heterocycles. The van der Waals surface area contributed by atoms with E-state index in [9.17, 15) is 0 Å². The number of guanidine groups is 1. The normalized spacial score (nSPS) is 13.3. The molecule has 0 spiro atoms. The average molecular weight is 395 g/mol. The number of nitrogens with one attached hydrogen (secondary N) is 1. The van der Waals surface area contributed by atoms with Crippen molar-refractivity contribution in [1.82, 2.24) is 20.1 Å². The van der Waals surface area contributed by atoms with Crippen LogP contribution in [0.4, 0.5) is 0 Å². The Morgan fingerprint density at radius 3 is 2.88 bits per heavy atom. The van der Waals surface area contributed by atoms with E-state index in [0.29, 0.717) is 12.5 Å². The number of rotatable bonds is 6. The van der Waals surface area contributed by atoms with Crippen molar-refractivity contribution in [3.8, 4) is 5.75 Å². The fourth-order valence-electron chi connectivity index (χ4n) is 2.67. The van der Waals surface area contributed by atoms with Gasteiger partial charge in [0, 0.05) is 19.5 Å². The first-order valence-electron chi connectivity index (χ1n) is 7.84. The van der Waals surface area contributed by atoms with Crippen LogP contribution in [0.3, 0.4) is 0 Å². The summed E-state index contributed by atoms with van der Waals surface area (Å²) in [6.45, 7) is 2.19. The Hall–Kier alpha value is -2.09. The molecular formula is C16H23BrN6O. The second-order valence-electron chi connectivity index (χ2n) is 5.51.